The minimum Gasteiger partial charge on any atom is -0.264 e. The minimum atomic E-state index is 0.693. The summed E-state index contributed by atoms with van der Waals surface area (Å²) in [6.07, 6.45) is 5.65. The van der Waals surface area contributed by atoms with Crippen LogP contribution in [-0.2, 0) is 0 Å². The Morgan fingerprint density at radius 2 is 1.00 bits per heavy atom. The van der Waals surface area contributed by atoms with Crippen LogP contribution < -0.4 is 0 Å². The molecule has 0 bridgehead atoms. The molecule has 8 aromatic rings. The van der Waals surface area contributed by atoms with Crippen LogP contribution in [0, 0.1) is 0 Å². The van der Waals surface area contributed by atoms with Gasteiger partial charge in [0.1, 0.15) is 0 Å². The average Bonchev–Trinajstić information content (AvgIpc) is 3.15. The molecule has 0 fully saturated rings. The highest BCUT2D eigenvalue weighted by Gasteiger charge is 2.15. The number of hydrogen-bond donors (Lipinski definition) is 0. The number of aromatic nitrogens is 3. The van der Waals surface area contributed by atoms with Crippen molar-refractivity contribution in [1.29, 1.82) is 0 Å². The SMILES string of the molecule is c1ccc(-c2cccc(-c3cnc(-c4ccc(-c5cccc6ccccc56)cc4)nc3-c3ccc(-c4cccnc4)cc3)c2)cc1. The van der Waals surface area contributed by atoms with Gasteiger partial charge >= 0.3 is 0 Å². The minimum absolute atomic E-state index is 0.693. The molecule has 216 valence electrons. The van der Waals surface area contributed by atoms with Crippen molar-refractivity contribution >= 4 is 10.8 Å². The topological polar surface area (TPSA) is 38.7 Å². The summed E-state index contributed by atoms with van der Waals surface area (Å²) in [4.78, 5) is 14.4. The van der Waals surface area contributed by atoms with Crippen molar-refractivity contribution in [3.63, 3.8) is 0 Å². The van der Waals surface area contributed by atoms with E-state index >= 15 is 0 Å². The molecule has 0 atom stereocenters. The highest BCUT2D eigenvalue weighted by atomic mass is 14.9. The number of fused-ring (bicyclic) bond motifs is 1. The zero-order chi connectivity index (χ0) is 30.7. The molecule has 3 heteroatoms. The van der Waals surface area contributed by atoms with E-state index in [0.717, 1.165) is 44.6 Å². The van der Waals surface area contributed by atoms with Crippen LogP contribution in [0.5, 0.6) is 0 Å². The third-order valence-corrected chi connectivity index (χ3v) is 8.47. The summed E-state index contributed by atoms with van der Waals surface area (Å²) in [6.45, 7) is 0. The lowest BCUT2D eigenvalue weighted by atomic mass is 9.95. The Balaban J connectivity index is 1.21. The van der Waals surface area contributed by atoms with E-state index in [0.29, 0.717) is 5.82 Å². The maximum absolute atomic E-state index is 5.22. The van der Waals surface area contributed by atoms with Gasteiger partial charge < -0.3 is 0 Å². The standard InChI is InChI=1S/C43H29N3/c1-2-9-30(10-3-1)36-13-6-14-37(27-36)41-29-45-43(46-42(41)34-22-18-31(19-23-34)38-15-8-26-44-28-38)35-24-20-33(21-25-35)40-17-7-12-32-11-4-5-16-39(32)40/h1-29H. The Bertz CT molecular complexity index is 2270. The molecule has 0 aliphatic heterocycles. The Morgan fingerprint density at radius 3 is 1.83 bits per heavy atom. The second-order valence-corrected chi connectivity index (χ2v) is 11.3. The van der Waals surface area contributed by atoms with Crippen LogP contribution in [0.3, 0.4) is 0 Å². The second-order valence-electron chi connectivity index (χ2n) is 11.3. The molecule has 0 saturated carbocycles. The van der Waals surface area contributed by atoms with Crippen molar-refractivity contribution < 1.29 is 0 Å². The smallest absolute Gasteiger partial charge is 0.159 e. The van der Waals surface area contributed by atoms with Gasteiger partial charge in [0.25, 0.3) is 0 Å². The third kappa shape index (κ3) is 5.36. The predicted molar refractivity (Wildman–Crippen MR) is 190 cm³/mol. The fraction of sp³-hybridized carbons (Fsp3) is 0. The molecule has 0 saturated heterocycles. The fourth-order valence-corrected chi connectivity index (χ4v) is 6.08. The Kier molecular flexibility index (Phi) is 7.18. The zero-order valence-corrected chi connectivity index (χ0v) is 25.1. The molecular formula is C43H29N3. The maximum Gasteiger partial charge on any atom is 0.159 e. The summed E-state index contributed by atoms with van der Waals surface area (Å²) in [5, 5.41) is 2.48. The molecule has 2 heterocycles. The average molecular weight is 588 g/mol. The molecule has 0 unspecified atom stereocenters. The summed E-state index contributed by atoms with van der Waals surface area (Å²) in [5.41, 5.74) is 11.9. The molecule has 0 aliphatic rings. The first-order valence-corrected chi connectivity index (χ1v) is 15.4. The lowest BCUT2D eigenvalue weighted by molar-refractivity contribution is 1.18. The molecule has 0 spiro atoms. The van der Waals surface area contributed by atoms with Crippen molar-refractivity contribution in [2.75, 3.05) is 0 Å². The quantitative estimate of drug-likeness (QED) is 0.194. The van der Waals surface area contributed by atoms with Gasteiger partial charge in [-0.3, -0.25) is 4.98 Å². The summed E-state index contributed by atoms with van der Waals surface area (Å²) >= 11 is 0. The zero-order valence-electron chi connectivity index (χ0n) is 25.1. The second kappa shape index (κ2) is 12.1. The molecule has 46 heavy (non-hydrogen) atoms. The maximum atomic E-state index is 5.22. The van der Waals surface area contributed by atoms with Gasteiger partial charge in [-0.2, -0.15) is 0 Å². The van der Waals surface area contributed by atoms with Gasteiger partial charge in [0, 0.05) is 35.3 Å². The van der Waals surface area contributed by atoms with Gasteiger partial charge in [0.05, 0.1) is 5.69 Å². The van der Waals surface area contributed by atoms with Crippen molar-refractivity contribution in [3.05, 3.63) is 176 Å². The van der Waals surface area contributed by atoms with Crippen LogP contribution in [0.25, 0.3) is 77.9 Å². The number of rotatable bonds is 6. The van der Waals surface area contributed by atoms with E-state index in [1.54, 1.807) is 6.20 Å². The first-order chi connectivity index (χ1) is 22.8. The number of benzene rings is 6. The number of nitrogens with zero attached hydrogens (tertiary/aromatic N) is 3. The first-order valence-electron chi connectivity index (χ1n) is 15.4. The van der Waals surface area contributed by atoms with Gasteiger partial charge in [-0.1, -0.05) is 146 Å². The summed E-state index contributed by atoms with van der Waals surface area (Å²) < 4.78 is 0. The molecule has 0 radical (unpaired) electrons. The molecule has 0 N–H and O–H groups in total. The van der Waals surface area contributed by atoms with Crippen LogP contribution in [0.15, 0.2) is 176 Å². The van der Waals surface area contributed by atoms with Crippen molar-refractivity contribution in [3.8, 4) is 67.2 Å². The van der Waals surface area contributed by atoms with E-state index in [9.17, 15) is 0 Å². The lowest BCUT2D eigenvalue weighted by Gasteiger charge is -2.13. The van der Waals surface area contributed by atoms with Crippen molar-refractivity contribution in [2.24, 2.45) is 0 Å². The van der Waals surface area contributed by atoms with Gasteiger partial charge in [0.2, 0.25) is 0 Å². The first kappa shape index (κ1) is 27.4. The molecule has 0 amide bonds. The van der Waals surface area contributed by atoms with E-state index in [1.807, 2.05) is 24.5 Å². The van der Waals surface area contributed by atoms with Crippen LogP contribution in [-0.4, -0.2) is 15.0 Å². The van der Waals surface area contributed by atoms with E-state index in [1.165, 1.54) is 27.5 Å². The summed E-state index contributed by atoms with van der Waals surface area (Å²) in [7, 11) is 0. The third-order valence-electron chi connectivity index (χ3n) is 8.47. The normalized spacial score (nSPS) is 11.0. The highest BCUT2D eigenvalue weighted by Crippen LogP contribution is 2.36. The van der Waals surface area contributed by atoms with Gasteiger partial charge in [-0.05, 0) is 61.8 Å². The number of pyridine rings is 1. The summed E-state index contributed by atoms with van der Waals surface area (Å²) in [5.74, 6) is 0.693. The molecule has 8 rings (SSSR count). The van der Waals surface area contributed by atoms with Crippen LogP contribution in [0.2, 0.25) is 0 Å². The molecule has 2 aromatic heterocycles. The van der Waals surface area contributed by atoms with Crippen molar-refractivity contribution in [2.45, 2.75) is 0 Å². The van der Waals surface area contributed by atoms with Gasteiger partial charge in [0.15, 0.2) is 5.82 Å². The fourth-order valence-electron chi connectivity index (χ4n) is 6.08. The van der Waals surface area contributed by atoms with Gasteiger partial charge in [-0.15, -0.1) is 0 Å². The van der Waals surface area contributed by atoms with E-state index < -0.39 is 0 Å². The van der Waals surface area contributed by atoms with Gasteiger partial charge in [-0.25, -0.2) is 9.97 Å². The molecular weight excluding hydrogens is 558 g/mol. The highest BCUT2D eigenvalue weighted by molar-refractivity contribution is 5.96. The van der Waals surface area contributed by atoms with Crippen molar-refractivity contribution in [1.82, 2.24) is 15.0 Å². The number of hydrogen-bond acceptors (Lipinski definition) is 3. The molecule has 0 aliphatic carbocycles. The van der Waals surface area contributed by atoms with E-state index in [4.69, 9.17) is 9.97 Å². The van der Waals surface area contributed by atoms with E-state index in [2.05, 4.69) is 151 Å². The van der Waals surface area contributed by atoms with Crippen LogP contribution in [0.1, 0.15) is 0 Å². The monoisotopic (exact) mass is 587 g/mol. The summed E-state index contributed by atoms with van der Waals surface area (Å²) in [6, 6.07) is 55.2. The van der Waals surface area contributed by atoms with Crippen LogP contribution >= 0.6 is 0 Å². The predicted octanol–water partition coefficient (Wildman–Crippen LogP) is 11.0. The Morgan fingerprint density at radius 1 is 0.370 bits per heavy atom. The lowest BCUT2D eigenvalue weighted by Crippen LogP contribution is -1.96. The van der Waals surface area contributed by atoms with E-state index in [-0.39, 0.29) is 0 Å². The Hall–Kier alpha value is -6.19. The Labute approximate surface area is 268 Å². The molecule has 3 nitrogen and oxygen atoms in total. The largest absolute Gasteiger partial charge is 0.264 e. The molecule has 6 aromatic carbocycles. The van der Waals surface area contributed by atoms with Crippen LogP contribution in [0.4, 0.5) is 0 Å².